The first kappa shape index (κ1) is 19.1. The van der Waals surface area contributed by atoms with Crippen LogP contribution in [0.4, 0.5) is 0 Å². The molecule has 1 unspecified atom stereocenters. The van der Waals surface area contributed by atoms with Crippen molar-refractivity contribution in [2.45, 2.75) is 32.4 Å². The van der Waals surface area contributed by atoms with Gasteiger partial charge >= 0.3 is 0 Å². The van der Waals surface area contributed by atoms with Crippen LogP contribution in [0.1, 0.15) is 37.1 Å². The summed E-state index contributed by atoms with van der Waals surface area (Å²) in [4.78, 5) is 12.3. The number of hydrogen-bond acceptors (Lipinski definition) is 4. The Morgan fingerprint density at radius 2 is 1.70 bits per heavy atom. The molecule has 0 spiro atoms. The molecule has 27 heavy (non-hydrogen) atoms. The second-order valence-corrected chi connectivity index (χ2v) is 6.68. The number of carbonyl (C=O) groups is 1. The van der Waals surface area contributed by atoms with E-state index in [-0.39, 0.29) is 5.91 Å². The van der Waals surface area contributed by atoms with Crippen molar-refractivity contribution in [2.75, 3.05) is 13.7 Å². The van der Waals surface area contributed by atoms with Crippen molar-refractivity contribution in [2.24, 2.45) is 0 Å². The Labute approximate surface area is 160 Å². The lowest BCUT2D eigenvalue weighted by atomic mass is 10.0. The highest BCUT2D eigenvalue weighted by atomic mass is 16.5. The first-order chi connectivity index (χ1) is 13.1. The van der Waals surface area contributed by atoms with E-state index in [0.717, 1.165) is 34.6 Å². The van der Waals surface area contributed by atoms with Gasteiger partial charge in [0.05, 0.1) is 0 Å². The monoisotopic (exact) mass is 366 g/mol. The molecule has 1 amide bonds. The molecular weight excluding hydrogens is 340 g/mol. The topological polar surface area (TPSA) is 61.8 Å². The van der Waals surface area contributed by atoms with E-state index >= 15 is 0 Å². The zero-order valence-electron chi connectivity index (χ0n) is 15.8. The molecule has 0 saturated heterocycles. The van der Waals surface area contributed by atoms with Crippen LogP contribution in [0.15, 0.2) is 60.3 Å². The second kappa shape index (κ2) is 8.84. The number of aryl methyl sites for hydroxylation is 1. The maximum absolute atomic E-state index is 12.3. The molecule has 2 aromatic carbocycles. The van der Waals surface area contributed by atoms with Crippen molar-refractivity contribution < 1.29 is 14.7 Å². The summed E-state index contributed by atoms with van der Waals surface area (Å²) in [5.41, 5.74) is 4.94. The average Bonchev–Trinajstić information content (AvgIpc) is 2.71. The van der Waals surface area contributed by atoms with Crippen LogP contribution in [0.3, 0.4) is 0 Å². The highest BCUT2D eigenvalue weighted by Gasteiger charge is 2.26. The van der Waals surface area contributed by atoms with Gasteiger partial charge in [0.2, 0.25) is 0 Å². The van der Waals surface area contributed by atoms with Crippen LogP contribution in [0.5, 0.6) is 0 Å². The number of amides is 1. The van der Waals surface area contributed by atoms with Gasteiger partial charge in [-0.3, -0.25) is 10.0 Å². The van der Waals surface area contributed by atoms with E-state index in [0.29, 0.717) is 18.6 Å². The minimum atomic E-state index is -0.583. The van der Waals surface area contributed by atoms with Gasteiger partial charge < -0.3 is 10.1 Å². The lowest BCUT2D eigenvalue weighted by Crippen LogP contribution is -2.42. The van der Waals surface area contributed by atoms with Gasteiger partial charge in [0.1, 0.15) is 0 Å². The molecular formula is C22H26N2O3. The molecule has 0 radical (unpaired) electrons. The van der Waals surface area contributed by atoms with Crippen molar-refractivity contribution >= 4 is 5.91 Å². The molecule has 5 nitrogen and oxygen atoms in total. The van der Waals surface area contributed by atoms with Crippen molar-refractivity contribution in [1.82, 2.24) is 10.4 Å². The molecule has 0 fully saturated rings. The summed E-state index contributed by atoms with van der Waals surface area (Å²) in [6.07, 6.45) is 3.25. The maximum atomic E-state index is 12.3. The van der Waals surface area contributed by atoms with Crippen LogP contribution in [0.2, 0.25) is 0 Å². The lowest BCUT2D eigenvalue weighted by Gasteiger charge is -2.31. The van der Waals surface area contributed by atoms with E-state index in [4.69, 9.17) is 4.74 Å². The first-order valence-corrected chi connectivity index (χ1v) is 9.29. The number of rotatable bonds is 7. The number of nitrogens with zero attached hydrogens (tertiary/aromatic N) is 1. The third kappa shape index (κ3) is 4.56. The molecule has 2 N–H and O–H groups in total. The SMILES string of the molecule is CCc1ccc(-c2ccc(C3NC(=O)C(CCCOC)=CN3O)cc2)cc1. The molecule has 5 heteroatoms. The highest BCUT2D eigenvalue weighted by Crippen LogP contribution is 2.26. The highest BCUT2D eigenvalue weighted by molar-refractivity contribution is 5.94. The number of ether oxygens (including phenoxy) is 1. The fourth-order valence-corrected chi connectivity index (χ4v) is 3.19. The lowest BCUT2D eigenvalue weighted by molar-refractivity contribution is -0.135. The summed E-state index contributed by atoms with van der Waals surface area (Å²) in [5, 5.41) is 14.2. The standard InChI is InChI=1S/C22H26N2O3/c1-3-16-6-8-17(9-7-16)18-10-12-19(13-11-18)21-23-22(25)20(15-24(21)26)5-4-14-27-2/h6-13,15,21,26H,3-5,14H2,1-2H3,(H,23,25). The fourth-order valence-electron chi connectivity index (χ4n) is 3.19. The number of carbonyl (C=O) groups excluding carboxylic acids is 1. The zero-order valence-corrected chi connectivity index (χ0v) is 15.8. The van der Waals surface area contributed by atoms with Crippen LogP contribution in [0.25, 0.3) is 11.1 Å². The van der Waals surface area contributed by atoms with Gasteiger partial charge in [-0.1, -0.05) is 55.5 Å². The van der Waals surface area contributed by atoms with Crippen molar-refractivity contribution in [3.05, 3.63) is 71.4 Å². The third-order valence-corrected chi connectivity index (χ3v) is 4.83. The molecule has 3 rings (SSSR count). The van der Waals surface area contributed by atoms with E-state index in [1.165, 1.54) is 11.8 Å². The van der Waals surface area contributed by atoms with Gasteiger partial charge in [0.15, 0.2) is 6.17 Å². The van der Waals surface area contributed by atoms with Gasteiger partial charge in [-0.2, -0.15) is 0 Å². The number of nitrogens with one attached hydrogen (secondary N) is 1. The molecule has 1 aliphatic heterocycles. The molecule has 1 heterocycles. The Morgan fingerprint density at radius 1 is 1.07 bits per heavy atom. The summed E-state index contributed by atoms with van der Waals surface area (Å²) < 4.78 is 5.01. The van der Waals surface area contributed by atoms with Crippen molar-refractivity contribution in [3.63, 3.8) is 0 Å². The molecule has 2 aromatic rings. The van der Waals surface area contributed by atoms with Gasteiger partial charge in [-0.15, -0.1) is 0 Å². The fraction of sp³-hybridized carbons (Fsp3) is 0.318. The predicted molar refractivity (Wildman–Crippen MR) is 105 cm³/mol. The van der Waals surface area contributed by atoms with Gasteiger partial charge in [0.25, 0.3) is 5.91 Å². The van der Waals surface area contributed by atoms with E-state index in [9.17, 15) is 10.0 Å². The molecule has 0 aromatic heterocycles. The maximum Gasteiger partial charge on any atom is 0.250 e. The molecule has 0 saturated carbocycles. The molecule has 0 bridgehead atoms. The number of methoxy groups -OCH3 is 1. The zero-order chi connectivity index (χ0) is 19.2. The van der Waals surface area contributed by atoms with Crippen LogP contribution in [-0.2, 0) is 16.0 Å². The van der Waals surface area contributed by atoms with E-state index in [1.54, 1.807) is 7.11 Å². The Balaban J connectivity index is 1.72. The quantitative estimate of drug-likeness (QED) is 0.726. The number of hydroxylamine groups is 2. The third-order valence-electron chi connectivity index (χ3n) is 4.83. The Bertz CT molecular complexity index is 797. The Hall–Kier alpha value is -2.63. The molecule has 0 aliphatic carbocycles. The first-order valence-electron chi connectivity index (χ1n) is 9.29. The van der Waals surface area contributed by atoms with Crippen molar-refractivity contribution in [3.8, 4) is 11.1 Å². The van der Waals surface area contributed by atoms with Crippen LogP contribution in [0, 0.1) is 0 Å². The summed E-state index contributed by atoms with van der Waals surface area (Å²) >= 11 is 0. The summed E-state index contributed by atoms with van der Waals surface area (Å²) in [5.74, 6) is -0.152. The minimum Gasteiger partial charge on any atom is -0.385 e. The van der Waals surface area contributed by atoms with Gasteiger partial charge in [0, 0.05) is 25.5 Å². The summed E-state index contributed by atoms with van der Waals surface area (Å²) in [6.45, 7) is 2.72. The molecule has 1 aliphatic rings. The van der Waals surface area contributed by atoms with Crippen LogP contribution < -0.4 is 5.32 Å². The van der Waals surface area contributed by atoms with Crippen LogP contribution >= 0.6 is 0 Å². The Morgan fingerprint density at radius 3 is 2.30 bits per heavy atom. The normalized spacial score (nSPS) is 16.9. The van der Waals surface area contributed by atoms with E-state index in [1.807, 2.05) is 24.3 Å². The van der Waals surface area contributed by atoms with Gasteiger partial charge in [-0.25, -0.2) is 5.06 Å². The predicted octanol–water partition coefficient (Wildman–Crippen LogP) is 4.05. The summed E-state index contributed by atoms with van der Waals surface area (Å²) in [6, 6.07) is 16.4. The van der Waals surface area contributed by atoms with Gasteiger partial charge in [-0.05, 0) is 41.5 Å². The smallest absolute Gasteiger partial charge is 0.250 e. The van der Waals surface area contributed by atoms with E-state index < -0.39 is 6.17 Å². The summed E-state index contributed by atoms with van der Waals surface area (Å²) in [7, 11) is 1.63. The number of hydrogen-bond donors (Lipinski definition) is 2. The largest absolute Gasteiger partial charge is 0.385 e. The van der Waals surface area contributed by atoms with E-state index in [2.05, 4.69) is 36.5 Å². The average molecular weight is 366 g/mol. The minimum absolute atomic E-state index is 0.152. The molecule has 1 atom stereocenters. The van der Waals surface area contributed by atoms with Crippen molar-refractivity contribution in [1.29, 1.82) is 0 Å². The Kier molecular flexibility index (Phi) is 6.27. The molecule has 142 valence electrons. The number of benzene rings is 2. The second-order valence-electron chi connectivity index (χ2n) is 6.68. The van der Waals surface area contributed by atoms with Crippen LogP contribution in [-0.4, -0.2) is 29.9 Å².